The van der Waals surface area contributed by atoms with E-state index >= 15 is 0 Å². The molecule has 2 saturated carbocycles. The van der Waals surface area contributed by atoms with Crippen molar-refractivity contribution < 1.29 is 25.0 Å². The number of aliphatic carboxylic acids is 1. The van der Waals surface area contributed by atoms with Crippen molar-refractivity contribution in [2.24, 2.45) is 22.9 Å². The van der Waals surface area contributed by atoms with Gasteiger partial charge in [0.1, 0.15) is 6.61 Å². The zero-order chi connectivity index (χ0) is 20.4. The molecule has 0 amide bonds. The van der Waals surface area contributed by atoms with E-state index in [-0.39, 0.29) is 30.5 Å². The molecular formula is C22H39NO5. The second kappa shape index (κ2) is 12.4. The molecule has 2 aliphatic carbocycles. The number of carboxylic acids is 1. The van der Waals surface area contributed by atoms with Crippen LogP contribution in [-0.4, -0.2) is 45.8 Å². The van der Waals surface area contributed by atoms with E-state index in [9.17, 15) is 15.0 Å². The molecule has 0 spiro atoms. The van der Waals surface area contributed by atoms with Gasteiger partial charge in [-0.05, 0) is 50.4 Å². The van der Waals surface area contributed by atoms with Crippen molar-refractivity contribution in [1.82, 2.24) is 0 Å². The summed E-state index contributed by atoms with van der Waals surface area (Å²) in [6, 6.07) is 0. The van der Waals surface area contributed by atoms with E-state index in [0.717, 1.165) is 44.2 Å². The van der Waals surface area contributed by atoms with Crippen LogP contribution in [0.3, 0.4) is 0 Å². The van der Waals surface area contributed by atoms with Gasteiger partial charge in [-0.25, -0.2) is 0 Å². The second-order valence-corrected chi connectivity index (χ2v) is 8.66. The molecule has 28 heavy (non-hydrogen) atoms. The van der Waals surface area contributed by atoms with E-state index in [0.29, 0.717) is 18.9 Å². The molecule has 6 heteroatoms. The zero-order valence-corrected chi connectivity index (χ0v) is 17.4. The summed E-state index contributed by atoms with van der Waals surface area (Å²) >= 11 is 0. The number of carboxylic acid groups (broad SMARTS) is 1. The molecule has 5 unspecified atom stereocenters. The van der Waals surface area contributed by atoms with Gasteiger partial charge in [0.25, 0.3) is 0 Å². The molecule has 2 fully saturated rings. The molecule has 0 radical (unpaired) electrons. The molecule has 2 aliphatic rings. The predicted molar refractivity (Wildman–Crippen MR) is 109 cm³/mol. The Morgan fingerprint density at radius 3 is 2.68 bits per heavy atom. The fraction of sp³-hybridized carbons (Fsp3) is 0.909. The van der Waals surface area contributed by atoms with Gasteiger partial charge in [-0.3, -0.25) is 4.79 Å². The maximum atomic E-state index is 10.5. The minimum atomic E-state index is -0.819. The van der Waals surface area contributed by atoms with Crippen LogP contribution in [-0.2, 0) is 9.63 Å². The lowest BCUT2D eigenvalue weighted by molar-refractivity contribution is -0.137. The Morgan fingerprint density at radius 2 is 1.93 bits per heavy atom. The summed E-state index contributed by atoms with van der Waals surface area (Å²) in [5.74, 6) is 0.00609. The minimum absolute atomic E-state index is 0.0960. The van der Waals surface area contributed by atoms with Crippen molar-refractivity contribution in [3.05, 3.63) is 0 Å². The van der Waals surface area contributed by atoms with Crippen LogP contribution < -0.4 is 0 Å². The predicted octanol–water partition coefficient (Wildman–Crippen LogP) is 4.13. The van der Waals surface area contributed by atoms with Crippen LogP contribution in [0.4, 0.5) is 0 Å². The third-order valence-electron chi connectivity index (χ3n) is 6.44. The van der Waals surface area contributed by atoms with Crippen molar-refractivity contribution >= 4 is 11.7 Å². The number of oxime groups is 1. The van der Waals surface area contributed by atoms with Crippen LogP contribution >= 0.6 is 0 Å². The molecule has 0 aliphatic heterocycles. The van der Waals surface area contributed by atoms with Crippen LogP contribution in [0.1, 0.15) is 90.4 Å². The maximum Gasteiger partial charge on any atom is 0.303 e. The first kappa shape index (κ1) is 23.1. The summed E-state index contributed by atoms with van der Waals surface area (Å²) in [5, 5.41) is 33.5. The van der Waals surface area contributed by atoms with Gasteiger partial charge in [0.2, 0.25) is 0 Å². The largest absolute Gasteiger partial charge is 0.481 e. The molecule has 0 saturated heterocycles. The van der Waals surface area contributed by atoms with Gasteiger partial charge < -0.3 is 20.2 Å². The quantitative estimate of drug-likeness (QED) is 0.285. The van der Waals surface area contributed by atoms with E-state index in [4.69, 9.17) is 9.94 Å². The summed E-state index contributed by atoms with van der Waals surface area (Å²) in [4.78, 5) is 15.7. The molecule has 162 valence electrons. The number of unbranched alkanes of at least 4 members (excludes halogenated alkanes) is 5. The lowest BCUT2D eigenvalue weighted by Crippen LogP contribution is -2.38. The van der Waals surface area contributed by atoms with Crippen LogP contribution in [0.2, 0.25) is 0 Å². The number of nitrogens with zero attached hydrogens (tertiary/aromatic N) is 1. The molecule has 6 nitrogen and oxygen atoms in total. The number of hydrogen-bond donors (Lipinski definition) is 3. The van der Waals surface area contributed by atoms with Gasteiger partial charge in [-0.1, -0.05) is 50.6 Å². The SMILES string of the molecule is CCCCCCCCC(O)CCC1CC2C(=NOCCCC(=O)O)CC2C1O. The first-order chi connectivity index (χ1) is 13.5. The second-order valence-electron chi connectivity index (χ2n) is 8.66. The van der Waals surface area contributed by atoms with Gasteiger partial charge in [0, 0.05) is 12.3 Å². The highest BCUT2D eigenvalue weighted by Crippen LogP contribution is 2.49. The van der Waals surface area contributed by atoms with E-state index in [1.165, 1.54) is 32.1 Å². The third kappa shape index (κ3) is 7.36. The smallest absolute Gasteiger partial charge is 0.303 e. The Hall–Kier alpha value is -1.14. The van der Waals surface area contributed by atoms with Gasteiger partial charge >= 0.3 is 5.97 Å². The normalized spacial score (nSPS) is 28.8. The van der Waals surface area contributed by atoms with Crippen LogP contribution in [0, 0.1) is 17.8 Å². The fourth-order valence-corrected chi connectivity index (χ4v) is 4.63. The lowest BCUT2D eigenvalue weighted by atomic mass is 9.73. The molecule has 0 aromatic rings. The van der Waals surface area contributed by atoms with Crippen molar-refractivity contribution in [3.63, 3.8) is 0 Å². The Kier molecular flexibility index (Phi) is 10.3. The molecule has 3 N–H and O–H groups in total. The summed E-state index contributed by atoms with van der Waals surface area (Å²) in [6.45, 7) is 2.54. The molecular weight excluding hydrogens is 358 g/mol. The standard InChI is InChI=1S/C22H39NO5/c1-2-3-4-5-6-7-9-17(24)12-11-16-14-18-19(22(16)27)15-20(18)23-28-13-8-10-21(25)26/h16-19,22,24,27H,2-15H2,1H3,(H,25,26). The van der Waals surface area contributed by atoms with Gasteiger partial charge in [-0.15, -0.1) is 0 Å². The average molecular weight is 398 g/mol. The molecule has 5 atom stereocenters. The average Bonchev–Trinajstić information content (AvgIpc) is 2.89. The molecule has 0 bridgehead atoms. The van der Waals surface area contributed by atoms with Crippen LogP contribution in [0.25, 0.3) is 0 Å². The Balaban J connectivity index is 1.58. The third-order valence-corrected chi connectivity index (χ3v) is 6.44. The number of aliphatic hydroxyl groups is 2. The molecule has 0 aromatic carbocycles. The van der Waals surface area contributed by atoms with Crippen molar-refractivity contribution in [2.75, 3.05) is 6.61 Å². The zero-order valence-electron chi connectivity index (χ0n) is 17.4. The summed E-state index contributed by atoms with van der Waals surface area (Å²) in [5.41, 5.74) is 1.01. The minimum Gasteiger partial charge on any atom is -0.481 e. The van der Waals surface area contributed by atoms with E-state index < -0.39 is 5.97 Å². The topological polar surface area (TPSA) is 99.4 Å². The Bertz CT molecular complexity index is 495. The maximum absolute atomic E-state index is 10.5. The molecule has 0 aromatic heterocycles. The number of fused-ring (bicyclic) bond motifs is 1. The highest BCUT2D eigenvalue weighted by atomic mass is 16.6. The highest BCUT2D eigenvalue weighted by molar-refractivity contribution is 5.93. The Labute approximate surface area is 169 Å². The molecule has 0 heterocycles. The van der Waals surface area contributed by atoms with Gasteiger partial charge in [0.15, 0.2) is 0 Å². The van der Waals surface area contributed by atoms with E-state index in [1.807, 2.05) is 0 Å². The lowest BCUT2D eigenvalue weighted by Gasteiger charge is -2.33. The number of carbonyl (C=O) groups is 1. The first-order valence-electron chi connectivity index (χ1n) is 11.3. The van der Waals surface area contributed by atoms with E-state index in [1.54, 1.807) is 0 Å². The summed E-state index contributed by atoms with van der Waals surface area (Å²) < 4.78 is 0. The van der Waals surface area contributed by atoms with Crippen molar-refractivity contribution in [3.8, 4) is 0 Å². The number of hydrogen-bond acceptors (Lipinski definition) is 5. The summed E-state index contributed by atoms with van der Waals surface area (Å²) in [7, 11) is 0. The highest BCUT2D eigenvalue weighted by Gasteiger charge is 2.51. The van der Waals surface area contributed by atoms with Crippen molar-refractivity contribution in [2.45, 2.75) is 103 Å². The van der Waals surface area contributed by atoms with Gasteiger partial charge in [0.05, 0.1) is 17.9 Å². The molecule has 2 rings (SSSR count). The monoisotopic (exact) mass is 397 g/mol. The summed E-state index contributed by atoms with van der Waals surface area (Å²) in [6.07, 6.45) is 11.7. The Morgan fingerprint density at radius 1 is 1.18 bits per heavy atom. The fourth-order valence-electron chi connectivity index (χ4n) is 4.63. The van der Waals surface area contributed by atoms with Crippen LogP contribution in [0.15, 0.2) is 5.16 Å². The first-order valence-corrected chi connectivity index (χ1v) is 11.3. The van der Waals surface area contributed by atoms with E-state index in [2.05, 4.69) is 12.1 Å². The van der Waals surface area contributed by atoms with Crippen LogP contribution in [0.5, 0.6) is 0 Å². The number of rotatable bonds is 15. The van der Waals surface area contributed by atoms with Gasteiger partial charge in [-0.2, -0.15) is 0 Å². The van der Waals surface area contributed by atoms with Crippen molar-refractivity contribution in [1.29, 1.82) is 0 Å². The number of aliphatic hydroxyl groups excluding tert-OH is 2.